The maximum atomic E-state index is 13.5. The van der Waals surface area contributed by atoms with Gasteiger partial charge in [0, 0.05) is 23.5 Å². The van der Waals surface area contributed by atoms with Crippen molar-refractivity contribution in [2.45, 2.75) is 25.9 Å². The van der Waals surface area contributed by atoms with E-state index in [1.54, 1.807) is 49.3 Å². The van der Waals surface area contributed by atoms with Crippen LogP contribution in [0, 0.1) is 0 Å². The van der Waals surface area contributed by atoms with Crippen molar-refractivity contribution in [1.29, 1.82) is 0 Å². The number of carboxylic acid groups (broad SMARTS) is 1. The van der Waals surface area contributed by atoms with E-state index in [4.69, 9.17) is 0 Å². The molecular weight excluding hydrogens is 357 g/mol. The van der Waals surface area contributed by atoms with Gasteiger partial charge in [-0.25, -0.2) is 4.79 Å². The fourth-order valence-electron chi connectivity index (χ4n) is 3.45. The summed E-state index contributed by atoms with van der Waals surface area (Å²) in [5, 5.41) is 9.77. The molecule has 2 heterocycles. The molecule has 4 nitrogen and oxygen atoms in total. The highest BCUT2D eigenvalue weighted by atomic mass is 19.4. The smallest absolute Gasteiger partial charge is 0.416 e. The molecule has 1 unspecified atom stereocenters. The first-order chi connectivity index (χ1) is 12.7. The number of anilines is 1. The third-order valence-corrected chi connectivity index (χ3v) is 4.53. The van der Waals surface area contributed by atoms with Crippen molar-refractivity contribution in [2.75, 3.05) is 4.90 Å². The normalized spacial score (nSPS) is 17.7. The van der Waals surface area contributed by atoms with Crippen molar-refractivity contribution >= 4 is 11.7 Å². The molecule has 1 atom stereocenters. The first kappa shape index (κ1) is 18.7. The van der Waals surface area contributed by atoms with Gasteiger partial charge in [0.25, 0.3) is 0 Å². The standard InChI is InChI=1S/C20H17F3N2O2/c1-12-10-16(15-7-3-4-8-17(15)20(21,22)23)18(19(26)27)13(2)25(12)14-6-5-9-24-11-14/h3-11,16H,1-2H3,(H,26,27). The summed E-state index contributed by atoms with van der Waals surface area (Å²) >= 11 is 0. The van der Waals surface area contributed by atoms with Crippen molar-refractivity contribution in [3.05, 3.63) is 83.0 Å². The maximum Gasteiger partial charge on any atom is 0.416 e. The molecule has 0 saturated heterocycles. The average molecular weight is 374 g/mol. The van der Waals surface area contributed by atoms with E-state index in [1.165, 1.54) is 18.2 Å². The molecule has 0 spiro atoms. The van der Waals surface area contributed by atoms with Gasteiger partial charge in [0.05, 0.1) is 23.0 Å². The van der Waals surface area contributed by atoms with Crippen LogP contribution in [0.25, 0.3) is 0 Å². The Hall–Kier alpha value is -3.09. The molecule has 1 aliphatic heterocycles. The number of nitrogens with zero attached hydrogens (tertiary/aromatic N) is 2. The number of hydrogen-bond donors (Lipinski definition) is 1. The molecule has 1 N–H and O–H groups in total. The van der Waals surface area contributed by atoms with Crippen LogP contribution >= 0.6 is 0 Å². The summed E-state index contributed by atoms with van der Waals surface area (Å²) in [5.41, 5.74) is 0.628. The van der Waals surface area contributed by atoms with Crippen molar-refractivity contribution < 1.29 is 23.1 Å². The molecule has 3 rings (SSSR count). The summed E-state index contributed by atoms with van der Waals surface area (Å²) in [6.07, 6.45) is 0.140. The Labute approximate surface area is 154 Å². The summed E-state index contributed by atoms with van der Waals surface area (Å²) in [7, 11) is 0. The fourth-order valence-corrected chi connectivity index (χ4v) is 3.45. The highest BCUT2D eigenvalue weighted by Crippen LogP contribution is 2.43. The SMILES string of the molecule is CC1=CC(c2ccccc2C(F)(F)F)C(C(=O)O)=C(C)N1c1cccnc1. The molecule has 1 aromatic heterocycles. The van der Waals surface area contributed by atoms with Crippen molar-refractivity contribution in [3.8, 4) is 0 Å². The lowest BCUT2D eigenvalue weighted by Crippen LogP contribution is -2.29. The maximum absolute atomic E-state index is 13.5. The highest BCUT2D eigenvalue weighted by Gasteiger charge is 2.38. The zero-order chi connectivity index (χ0) is 19.8. The minimum atomic E-state index is -4.57. The van der Waals surface area contributed by atoms with Gasteiger partial charge < -0.3 is 10.0 Å². The number of alkyl halides is 3. The molecule has 0 amide bonds. The summed E-state index contributed by atoms with van der Waals surface area (Å²) in [5.74, 6) is -2.26. The van der Waals surface area contributed by atoms with Crippen LogP contribution in [-0.4, -0.2) is 16.1 Å². The van der Waals surface area contributed by atoms with E-state index < -0.39 is 23.6 Å². The number of halogens is 3. The van der Waals surface area contributed by atoms with E-state index in [0.29, 0.717) is 17.1 Å². The van der Waals surface area contributed by atoms with Crippen LogP contribution in [0.15, 0.2) is 71.8 Å². The van der Waals surface area contributed by atoms with Gasteiger partial charge in [-0.3, -0.25) is 4.98 Å². The van der Waals surface area contributed by atoms with Crippen LogP contribution in [-0.2, 0) is 11.0 Å². The number of carbonyl (C=O) groups is 1. The molecule has 7 heteroatoms. The van der Waals surface area contributed by atoms with Gasteiger partial charge in [-0.05, 0) is 37.6 Å². The topological polar surface area (TPSA) is 53.4 Å². The minimum Gasteiger partial charge on any atom is -0.478 e. The number of hydrogen-bond acceptors (Lipinski definition) is 3. The molecule has 2 aromatic rings. The summed E-state index contributed by atoms with van der Waals surface area (Å²) in [4.78, 5) is 17.7. The van der Waals surface area contributed by atoms with Crippen molar-refractivity contribution in [3.63, 3.8) is 0 Å². The van der Waals surface area contributed by atoms with Crippen LogP contribution in [0.4, 0.5) is 18.9 Å². The number of aromatic nitrogens is 1. The molecule has 27 heavy (non-hydrogen) atoms. The van der Waals surface area contributed by atoms with Gasteiger partial charge in [0.1, 0.15) is 0 Å². The summed E-state index contributed by atoms with van der Waals surface area (Å²) < 4.78 is 40.4. The lowest BCUT2D eigenvalue weighted by molar-refractivity contribution is -0.139. The second kappa shape index (κ2) is 6.90. The Morgan fingerprint density at radius 2 is 1.85 bits per heavy atom. The molecular formula is C20H17F3N2O2. The number of benzene rings is 1. The van der Waals surface area contributed by atoms with Gasteiger partial charge in [0.2, 0.25) is 0 Å². The third-order valence-electron chi connectivity index (χ3n) is 4.53. The lowest BCUT2D eigenvalue weighted by atomic mass is 9.83. The molecule has 0 aliphatic carbocycles. The molecule has 140 valence electrons. The summed E-state index contributed by atoms with van der Waals surface area (Å²) in [6, 6.07) is 8.55. The van der Waals surface area contributed by atoms with Gasteiger partial charge >= 0.3 is 12.1 Å². The van der Waals surface area contributed by atoms with Crippen molar-refractivity contribution in [1.82, 2.24) is 4.98 Å². The van der Waals surface area contributed by atoms with Crippen molar-refractivity contribution in [2.24, 2.45) is 0 Å². The Bertz CT molecular complexity index is 934. The Morgan fingerprint density at radius 1 is 1.15 bits per heavy atom. The van der Waals surface area contributed by atoms with Crippen LogP contribution in [0.2, 0.25) is 0 Å². The first-order valence-corrected chi connectivity index (χ1v) is 8.20. The highest BCUT2D eigenvalue weighted by molar-refractivity contribution is 5.92. The van der Waals surface area contributed by atoms with E-state index in [-0.39, 0.29) is 11.1 Å². The van der Waals surface area contributed by atoms with E-state index >= 15 is 0 Å². The lowest BCUT2D eigenvalue weighted by Gasteiger charge is -2.34. The van der Waals surface area contributed by atoms with Gasteiger partial charge in [-0.1, -0.05) is 24.3 Å². The number of pyridine rings is 1. The number of rotatable bonds is 3. The average Bonchev–Trinajstić information content (AvgIpc) is 2.61. The quantitative estimate of drug-likeness (QED) is 0.824. The van der Waals surface area contributed by atoms with E-state index in [0.717, 1.165) is 6.07 Å². The second-order valence-corrected chi connectivity index (χ2v) is 6.22. The van der Waals surface area contributed by atoms with Crippen LogP contribution in [0.3, 0.4) is 0 Å². The number of allylic oxidation sites excluding steroid dienone is 3. The first-order valence-electron chi connectivity index (χ1n) is 8.20. The van der Waals surface area contributed by atoms with E-state index in [1.807, 2.05) is 0 Å². The van der Waals surface area contributed by atoms with Crippen LogP contribution in [0.5, 0.6) is 0 Å². The van der Waals surface area contributed by atoms with E-state index in [2.05, 4.69) is 4.98 Å². The zero-order valence-electron chi connectivity index (χ0n) is 14.7. The molecule has 0 bridgehead atoms. The molecule has 0 radical (unpaired) electrons. The molecule has 1 aliphatic rings. The molecule has 1 aromatic carbocycles. The second-order valence-electron chi connectivity index (χ2n) is 6.22. The summed E-state index contributed by atoms with van der Waals surface area (Å²) in [6.45, 7) is 3.33. The van der Waals surface area contributed by atoms with Gasteiger partial charge in [-0.15, -0.1) is 0 Å². The molecule has 0 fully saturated rings. The Kier molecular flexibility index (Phi) is 4.78. The Balaban J connectivity index is 2.20. The predicted octanol–water partition coefficient (Wildman–Crippen LogP) is 4.97. The third kappa shape index (κ3) is 3.45. The largest absolute Gasteiger partial charge is 0.478 e. The van der Waals surface area contributed by atoms with E-state index in [9.17, 15) is 23.1 Å². The number of carboxylic acids is 1. The predicted molar refractivity (Wildman–Crippen MR) is 95.0 cm³/mol. The van der Waals surface area contributed by atoms with Gasteiger partial charge in [-0.2, -0.15) is 13.2 Å². The van der Waals surface area contributed by atoms with Crippen LogP contribution in [0.1, 0.15) is 30.9 Å². The van der Waals surface area contributed by atoms with Crippen LogP contribution < -0.4 is 4.90 Å². The fraction of sp³-hybridized carbons (Fsp3) is 0.200. The Morgan fingerprint density at radius 3 is 2.44 bits per heavy atom. The molecule has 0 saturated carbocycles. The minimum absolute atomic E-state index is 0.0769. The monoisotopic (exact) mass is 374 g/mol. The number of aliphatic carboxylic acids is 1. The van der Waals surface area contributed by atoms with Gasteiger partial charge in [0.15, 0.2) is 0 Å². The zero-order valence-corrected chi connectivity index (χ0v) is 14.7.